The molecule has 1 fully saturated rings. The summed E-state index contributed by atoms with van der Waals surface area (Å²) in [6.07, 6.45) is 1.49. The van der Waals surface area contributed by atoms with Gasteiger partial charge in [0.1, 0.15) is 0 Å². The van der Waals surface area contributed by atoms with Crippen LogP contribution in [0.2, 0.25) is 0 Å². The summed E-state index contributed by atoms with van der Waals surface area (Å²) in [5.74, 6) is 2.05. The van der Waals surface area contributed by atoms with Gasteiger partial charge in [0.15, 0.2) is 11.5 Å². The van der Waals surface area contributed by atoms with E-state index in [0.717, 1.165) is 29.0 Å². The summed E-state index contributed by atoms with van der Waals surface area (Å²) in [6, 6.07) is 6.12. The topological polar surface area (TPSA) is 27.7 Å². The fraction of sp³-hybridized carbons (Fsp3) is 0.538. The zero-order chi connectivity index (χ0) is 12.3. The van der Waals surface area contributed by atoms with Gasteiger partial charge in [-0.1, -0.05) is 28.7 Å². The van der Waals surface area contributed by atoms with Crippen molar-refractivity contribution in [3.8, 4) is 11.5 Å². The summed E-state index contributed by atoms with van der Waals surface area (Å²) in [4.78, 5) is 0. The van der Waals surface area contributed by atoms with Crippen molar-refractivity contribution in [1.82, 2.24) is 0 Å². The van der Waals surface area contributed by atoms with Gasteiger partial charge in [0.2, 0.25) is 0 Å². The SMILES string of the molecule is COc1ccc([C@@H]2CO[C@@H](CI)C2)cc1OC. The van der Waals surface area contributed by atoms with E-state index >= 15 is 0 Å². The molecule has 0 unspecified atom stereocenters. The average Bonchev–Trinajstić information content (AvgIpc) is 2.86. The van der Waals surface area contributed by atoms with E-state index in [1.165, 1.54) is 5.56 Å². The first-order valence-electron chi connectivity index (χ1n) is 5.68. The molecule has 0 saturated carbocycles. The monoisotopic (exact) mass is 348 g/mol. The Morgan fingerprint density at radius 1 is 1.29 bits per heavy atom. The van der Waals surface area contributed by atoms with Crippen LogP contribution in [-0.2, 0) is 4.74 Å². The van der Waals surface area contributed by atoms with Crippen molar-refractivity contribution in [2.75, 3.05) is 25.3 Å². The summed E-state index contributed by atoms with van der Waals surface area (Å²) in [5, 5.41) is 0. The molecule has 0 amide bonds. The molecule has 4 heteroatoms. The largest absolute Gasteiger partial charge is 0.493 e. The molecule has 1 saturated heterocycles. The lowest BCUT2D eigenvalue weighted by molar-refractivity contribution is 0.129. The normalized spacial score (nSPS) is 23.7. The van der Waals surface area contributed by atoms with Crippen molar-refractivity contribution in [2.45, 2.75) is 18.4 Å². The molecule has 2 rings (SSSR count). The summed E-state index contributed by atoms with van der Waals surface area (Å²) in [5.41, 5.74) is 1.27. The summed E-state index contributed by atoms with van der Waals surface area (Å²) >= 11 is 2.37. The average molecular weight is 348 g/mol. The highest BCUT2D eigenvalue weighted by atomic mass is 127. The molecule has 1 aromatic rings. The molecule has 0 bridgehead atoms. The van der Waals surface area contributed by atoms with Gasteiger partial charge in [0.05, 0.1) is 26.9 Å². The van der Waals surface area contributed by atoms with Crippen molar-refractivity contribution in [1.29, 1.82) is 0 Å². The van der Waals surface area contributed by atoms with Crippen molar-refractivity contribution < 1.29 is 14.2 Å². The van der Waals surface area contributed by atoms with Gasteiger partial charge < -0.3 is 14.2 Å². The second kappa shape index (κ2) is 5.91. The smallest absolute Gasteiger partial charge is 0.160 e. The van der Waals surface area contributed by atoms with Gasteiger partial charge in [0.25, 0.3) is 0 Å². The van der Waals surface area contributed by atoms with E-state index in [-0.39, 0.29) is 0 Å². The maximum absolute atomic E-state index is 5.72. The summed E-state index contributed by atoms with van der Waals surface area (Å²) in [6.45, 7) is 0.809. The summed E-state index contributed by atoms with van der Waals surface area (Å²) in [7, 11) is 3.32. The van der Waals surface area contributed by atoms with Gasteiger partial charge in [-0.3, -0.25) is 0 Å². The molecule has 94 valence electrons. The van der Waals surface area contributed by atoms with Crippen LogP contribution >= 0.6 is 22.6 Å². The molecule has 0 radical (unpaired) electrons. The van der Waals surface area contributed by atoms with Gasteiger partial charge >= 0.3 is 0 Å². The van der Waals surface area contributed by atoms with Crippen LogP contribution in [0.15, 0.2) is 18.2 Å². The number of halogens is 1. The van der Waals surface area contributed by atoms with Gasteiger partial charge in [0, 0.05) is 10.3 Å². The zero-order valence-corrected chi connectivity index (χ0v) is 12.3. The first-order valence-corrected chi connectivity index (χ1v) is 7.20. The minimum absolute atomic E-state index is 0.397. The van der Waals surface area contributed by atoms with E-state index in [4.69, 9.17) is 14.2 Å². The van der Waals surface area contributed by atoms with Crippen LogP contribution in [-0.4, -0.2) is 31.4 Å². The molecule has 17 heavy (non-hydrogen) atoms. The van der Waals surface area contributed by atoms with Crippen LogP contribution in [0.3, 0.4) is 0 Å². The molecular formula is C13H17IO3. The van der Waals surface area contributed by atoms with Gasteiger partial charge in [-0.2, -0.15) is 0 Å². The van der Waals surface area contributed by atoms with Gasteiger partial charge in [-0.05, 0) is 24.1 Å². The van der Waals surface area contributed by atoms with Crippen molar-refractivity contribution in [3.63, 3.8) is 0 Å². The molecule has 0 N–H and O–H groups in total. The van der Waals surface area contributed by atoms with E-state index in [1.54, 1.807) is 14.2 Å². The Balaban J connectivity index is 2.16. The minimum Gasteiger partial charge on any atom is -0.493 e. The van der Waals surface area contributed by atoms with Crippen molar-refractivity contribution in [3.05, 3.63) is 23.8 Å². The lowest BCUT2D eigenvalue weighted by Crippen LogP contribution is -2.05. The predicted octanol–water partition coefficient (Wildman–Crippen LogP) is 3.01. The first kappa shape index (κ1) is 13.0. The Hall–Kier alpha value is -0.490. The van der Waals surface area contributed by atoms with E-state index in [1.807, 2.05) is 6.07 Å². The maximum atomic E-state index is 5.72. The third kappa shape index (κ3) is 2.85. The predicted molar refractivity (Wildman–Crippen MR) is 75.5 cm³/mol. The number of hydrogen-bond acceptors (Lipinski definition) is 3. The first-order chi connectivity index (χ1) is 8.28. The molecular weight excluding hydrogens is 331 g/mol. The number of benzene rings is 1. The fourth-order valence-electron chi connectivity index (χ4n) is 2.15. The highest BCUT2D eigenvalue weighted by molar-refractivity contribution is 14.1. The van der Waals surface area contributed by atoms with E-state index in [0.29, 0.717) is 12.0 Å². The Labute approximate surface area is 116 Å². The quantitative estimate of drug-likeness (QED) is 0.619. The molecule has 1 aliphatic heterocycles. The standard InChI is InChI=1S/C13H17IO3/c1-15-12-4-3-9(6-13(12)16-2)10-5-11(7-14)17-8-10/h3-4,6,10-11H,5,7-8H2,1-2H3/t10-,11+/m0/s1. The second-order valence-corrected chi connectivity index (χ2v) is 5.04. The highest BCUT2D eigenvalue weighted by Crippen LogP contribution is 2.35. The number of rotatable bonds is 4. The van der Waals surface area contributed by atoms with Crippen molar-refractivity contribution >= 4 is 22.6 Å². The molecule has 1 aromatic carbocycles. The van der Waals surface area contributed by atoms with Gasteiger partial charge in [-0.25, -0.2) is 0 Å². The summed E-state index contributed by atoms with van der Waals surface area (Å²) < 4.78 is 17.3. The third-order valence-corrected chi connectivity index (χ3v) is 4.11. The molecule has 3 nitrogen and oxygen atoms in total. The Kier molecular flexibility index (Phi) is 4.50. The lowest BCUT2D eigenvalue weighted by atomic mass is 9.96. The van der Waals surface area contributed by atoms with Crippen LogP contribution in [0, 0.1) is 0 Å². The molecule has 1 aliphatic rings. The minimum atomic E-state index is 0.397. The van der Waals surface area contributed by atoms with E-state index in [2.05, 4.69) is 34.7 Å². The maximum Gasteiger partial charge on any atom is 0.160 e. The molecule has 0 aromatic heterocycles. The number of hydrogen-bond donors (Lipinski definition) is 0. The van der Waals surface area contributed by atoms with Crippen molar-refractivity contribution in [2.24, 2.45) is 0 Å². The zero-order valence-electron chi connectivity index (χ0n) is 10.1. The lowest BCUT2D eigenvalue weighted by Gasteiger charge is -2.12. The molecule has 0 aliphatic carbocycles. The van der Waals surface area contributed by atoms with Crippen LogP contribution in [0.5, 0.6) is 11.5 Å². The number of ether oxygens (including phenoxy) is 3. The number of alkyl halides is 1. The van der Waals surface area contributed by atoms with Crippen LogP contribution in [0.1, 0.15) is 17.9 Å². The van der Waals surface area contributed by atoms with E-state index < -0.39 is 0 Å². The molecule has 0 spiro atoms. The second-order valence-electron chi connectivity index (χ2n) is 4.16. The molecule has 1 heterocycles. The Morgan fingerprint density at radius 2 is 2.06 bits per heavy atom. The number of methoxy groups -OCH3 is 2. The highest BCUT2D eigenvalue weighted by Gasteiger charge is 2.26. The Morgan fingerprint density at radius 3 is 2.65 bits per heavy atom. The van der Waals surface area contributed by atoms with E-state index in [9.17, 15) is 0 Å². The fourth-order valence-corrected chi connectivity index (χ4v) is 2.77. The molecule has 2 atom stereocenters. The Bertz CT molecular complexity index is 381. The van der Waals surface area contributed by atoms with Gasteiger partial charge in [-0.15, -0.1) is 0 Å². The van der Waals surface area contributed by atoms with Crippen LogP contribution in [0.4, 0.5) is 0 Å². The van der Waals surface area contributed by atoms with Crippen LogP contribution in [0.25, 0.3) is 0 Å². The van der Waals surface area contributed by atoms with Crippen LogP contribution < -0.4 is 9.47 Å². The third-order valence-electron chi connectivity index (χ3n) is 3.13.